The Balaban J connectivity index is 1.44. The number of nitrogens with zero attached hydrogens (tertiary/aromatic N) is 2. The molecule has 1 N–H and O–H groups in total. The number of rotatable bonds is 6. The molecule has 0 aliphatic rings. The molecule has 166 valence electrons. The third-order valence-electron chi connectivity index (χ3n) is 5.04. The molecule has 0 saturated carbocycles. The number of carbonyl (C=O) groups excluding carboxylic acids is 2. The number of aromatic nitrogens is 2. The summed E-state index contributed by atoms with van der Waals surface area (Å²) >= 11 is 0. The van der Waals surface area contributed by atoms with Crippen molar-refractivity contribution in [3.63, 3.8) is 0 Å². The molecule has 1 amide bonds. The van der Waals surface area contributed by atoms with E-state index in [-0.39, 0.29) is 17.9 Å². The molecular weight excluding hydrogens is 422 g/mol. The van der Waals surface area contributed by atoms with Gasteiger partial charge < -0.3 is 14.8 Å². The van der Waals surface area contributed by atoms with Crippen molar-refractivity contribution in [3.05, 3.63) is 94.4 Å². The Kier molecular flexibility index (Phi) is 6.17. The summed E-state index contributed by atoms with van der Waals surface area (Å²) in [5, 5.41) is 8.20. The van der Waals surface area contributed by atoms with Crippen molar-refractivity contribution in [1.29, 1.82) is 0 Å². The molecule has 1 heterocycles. The predicted molar refractivity (Wildman–Crippen MR) is 124 cm³/mol. The molecule has 0 atom stereocenters. The highest BCUT2D eigenvalue weighted by Gasteiger charge is 2.15. The summed E-state index contributed by atoms with van der Waals surface area (Å²) in [5.74, 6) is -0.0810. The Morgan fingerprint density at radius 2 is 1.61 bits per heavy atom. The lowest BCUT2D eigenvalue weighted by molar-refractivity contribution is -0.115. The largest absolute Gasteiger partial charge is 0.496 e. The van der Waals surface area contributed by atoms with Gasteiger partial charge in [-0.3, -0.25) is 9.59 Å². The standard InChI is InChI=1S/C25H21N3O5/c1-28-24(30)19-8-4-3-7-18(19)21(27-28)15-23(29)26-16-11-13-17(14-12-16)33-25(31)20-9-5-6-10-22(20)32-2/h3-14H,15H2,1-2H3,(H,26,29). The molecule has 3 aromatic carbocycles. The fourth-order valence-corrected chi connectivity index (χ4v) is 3.45. The number of fused-ring (bicyclic) bond motifs is 1. The molecular formula is C25H21N3O5. The maximum absolute atomic E-state index is 12.6. The lowest BCUT2D eigenvalue weighted by atomic mass is 10.1. The predicted octanol–water partition coefficient (Wildman–Crippen LogP) is 3.34. The Bertz CT molecular complexity index is 1390. The van der Waals surface area contributed by atoms with E-state index < -0.39 is 5.97 Å². The van der Waals surface area contributed by atoms with E-state index in [0.717, 1.165) is 0 Å². The molecule has 0 aliphatic carbocycles. The highest BCUT2D eigenvalue weighted by molar-refractivity contribution is 5.96. The quantitative estimate of drug-likeness (QED) is 0.362. The number of ether oxygens (including phenoxy) is 2. The minimum Gasteiger partial charge on any atom is -0.496 e. The van der Waals surface area contributed by atoms with Crippen LogP contribution in [0.25, 0.3) is 10.8 Å². The molecule has 0 saturated heterocycles. The van der Waals surface area contributed by atoms with Crippen LogP contribution in [0.15, 0.2) is 77.6 Å². The fraction of sp³-hybridized carbons (Fsp3) is 0.120. The monoisotopic (exact) mass is 443 g/mol. The minimum atomic E-state index is -0.545. The first-order valence-corrected chi connectivity index (χ1v) is 10.2. The SMILES string of the molecule is COc1ccccc1C(=O)Oc1ccc(NC(=O)Cc2nn(C)c(=O)c3ccccc23)cc1. The van der Waals surface area contributed by atoms with Gasteiger partial charge in [-0.15, -0.1) is 0 Å². The van der Waals surface area contributed by atoms with Crippen molar-refractivity contribution in [2.45, 2.75) is 6.42 Å². The van der Waals surface area contributed by atoms with Crippen molar-refractivity contribution in [2.75, 3.05) is 12.4 Å². The minimum absolute atomic E-state index is 0.000821. The van der Waals surface area contributed by atoms with Gasteiger partial charge in [0, 0.05) is 18.1 Å². The number of benzene rings is 3. The summed E-state index contributed by atoms with van der Waals surface area (Å²) in [4.78, 5) is 37.3. The van der Waals surface area contributed by atoms with Crippen molar-refractivity contribution in [3.8, 4) is 11.5 Å². The molecule has 4 rings (SSSR count). The van der Waals surface area contributed by atoms with E-state index in [1.807, 2.05) is 0 Å². The molecule has 0 spiro atoms. The Labute approximate surface area is 189 Å². The van der Waals surface area contributed by atoms with Gasteiger partial charge in [-0.25, -0.2) is 9.48 Å². The van der Waals surface area contributed by atoms with Crippen LogP contribution in [0, 0.1) is 0 Å². The molecule has 8 nitrogen and oxygen atoms in total. The first kappa shape index (κ1) is 21.8. The average Bonchev–Trinajstić information content (AvgIpc) is 2.83. The molecule has 0 bridgehead atoms. The van der Waals surface area contributed by atoms with Gasteiger partial charge in [0.2, 0.25) is 5.91 Å². The van der Waals surface area contributed by atoms with Crippen LogP contribution < -0.4 is 20.3 Å². The van der Waals surface area contributed by atoms with Crippen LogP contribution in [0.1, 0.15) is 16.1 Å². The molecule has 0 fully saturated rings. The van der Waals surface area contributed by atoms with Gasteiger partial charge in [0.25, 0.3) is 5.56 Å². The van der Waals surface area contributed by atoms with Crippen molar-refractivity contribution in [1.82, 2.24) is 9.78 Å². The van der Waals surface area contributed by atoms with E-state index in [0.29, 0.717) is 39.2 Å². The van der Waals surface area contributed by atoms with Crippen LogP contribution in [0.2, 0.25) is 0 Å². The van der Waals surface area contributed by atoms with Gasteiger partial charge in [-0.2, -0.15) is 5.10 Å². The van der Waals surface area contributed by atoms with Crippen LogP contribution >= 0.6 is 0 Å². The summed E-state index contributed by atoms with van der Waals surface area (Å²) in [6, 6.07) is 20.3. The molecule has 0 unspecified atom stereocenters. The second kappa shape index (κ2) is 9.35. The number of para-hydroxylation sites is 1. The first-order chi connectivity index (χ1) is 16.0. The molecule has 4 aromatic rings. The zero-order valence-corrected chi connectivity index (χ0v) is 18.1. The number of hydrogen-bond donors (Lipinski definition) is 1. The Morgan fingerprint density at radius 3 is 2.33 bits per heavy atom. The third kappa shape index (κ3) is 4.74. The van der Waals surface area contributed by atoms with E-state index in [1.165, 1.54) is 11.8 Å². The summed E-state index contributed by atoms with van der Waals surface area (Å²) in [6.45, 7) is 0. The topological polar surface area (TPSA) is 99.5 Å². The summed E-state index contributed by atoms with van der Waals surface area (Å²) in [6.07, 6.45) is -0.000821. The fourth-order valence-electron chi connectivity index (χ4n) is 3.45. The lowest BCUT2D eigenvalue weighted by Gasteiger charge is -2.10. The maximum atomic E-state index is 12.6. The number of nitrogens with one attached hydrogen (secondary N) is 1. The number of esters is 1. The molecule has 0 radical (unpaired) electrons. The Morgan fingerprint density at radius 1 is 0.939 bits per heavy atom. The number of carbonyl (C=O) groups is 2. The zero-order chi connectivity index (χ0) is 23.4. The van der Waals surface area contributed by atoms with Crippen molar-refractivity contribution >= 4 is 28.3 Å². The third-order valence-corrected chi connectivity index (χ3v) is 5.04. The number of methoxy groups -OCH3 is 1. The van der Waals surface area contributed by atoms with E-state index >= 15 is 0 Å². The number of aryl methyl sites for hydroxylation is 1. The van der Waals surface area contributed by atoms with Crippen LogP contribution in [0.3, 0.4) is 0 Å². The summed E-state index contributed by atoms with van der Waals surface area (Å²) < 4.78 is 11.8. The van der Waals surface area contributed by atoms with E-state index in [1.54, 1.807) is 79.8 Å². The van der Waals surface area contributed by atoms with Crippen LogP contribution in [-0.4, -0.2) is 28.8 Å². The highest BCUT2D eigenvalue weighted by atomic mass is 16.5. The van der Waals surface area contributed by atoms with Gasteiger partial charge in [0.15, 0.2) is 0 Å². The first-order valence-electron chi connectivity index (χ1n) is 10.2. The Hall–Kier alpha value is -4.46. The zero-order valence-electron chi connectivity index (χ0n) is 18.1. The van der Waals surface area contributed by atoms with Crippen LogP contribution in [-0.2, 0) is 18.3 Å². The summed E-state index contributed by atoms with van der Waals surface area (Å²) in [5.41, 5.74) is 1.14. The van der Waals surface area contributed by atoms with Crippen molar-refractivity contribution < 1.29 is 19.1 Å². The smallest absolute Gasteiger partial charge is 0.347 e. The average molecular weight is 443 g/mol. The number of anilines is 1. The van der Waals surface area contributed by atoms with E-state index in [2.05, 4.69) is 10.4 Å². The second-order valence-electron chi connectivity index (χ2n) is 7.26. The van der Waals surface area contributed by atoms with E-state index in [4.69, 9.17) is 9.47 Å². The normalized spacial score (nSPS) is 10.6. The van der Waals surface area contributed by atoms with E-state index in [9.17, 15) is 14.4 Å². The van der Waals surface area contributed by atoms with Gasteiger partial charge in [0.1, 0.15) is 17.1 Å². The highest BCUT2D eigenvalue weighted by Crippen LogP contribution is 2.22. The summed E-state index contributed by atoms with van der Waals surface area (Å²) in [7, 11) is 3.04. The number of amides is 1. The van der Waals surface area contributed by atoms with Gasteiger partial charge in [-0.05, 0) is 42.5 Å². The van der Waals surface area contributed by atoms with Crippen LogP contribution in [0.4, 0.5) is 5.69 Å². The van der Waals surface area contributed by atoms with Crippen molar-refractivity contribution in [2.24, 2.45) is 7.05 Å². The lowest BCUT2D eigenvalue weighted by Crippen LogP contribution is -2.24. The van der Waals surface area contributed by atoms with Gasteiger partial charge in [0.05, 0.1) is 24.6 Å². The molecule has 1 aromatic heterocycles. The van der Waals surface area contributed by atoms with Crippen LogP contribution in [0.5, 0.6) is 11.5 Å². The molecule has 33 heavy (non-hydrogen) atoms. The second-order valence-corrected chi connectivity index (χ2v) is 7.26. The number of hydrogen-bond acceptors (Lipinski definition) is 6. The maximum Gasteiger partial charge on any atom is 0.347 e. The van der Waals surface area contributed by atoms with Gasteiger partial charge in [-0.1, -0.05) is 30.3 Å². The molecule has 0 aliphatic heterocycles. The molecule has 8 heteroatoms. The van der Waals surface area contributed by atoms with Gasteiger partial charge >= 0.3 is 5.97 Å².